The summed E-state index contributed by atoms with van der Waals surface area (Å²) in [5.74, 6) is -1.92. The zero-order valence-electron chi connectivity index (χ0n) is 19.9. The largest absolute Gasteiger partial charge is 0.508 e. The predicted octanol–water partition coefficient (Wildman–Crippen LogP) is 4.60. The highest BCUT2D eigenvalue weighted by atomic mass is 19.1. The first-order valence-electron chi connectivity index (χ1n) is 11.8. The van der Waals surface area contributed by atoms with Crippen LogP contribution >= 0.6 is 0 Å². The Labute approximate surface area is 208 Å². The minimum atomic E-state index is -0.780. The molecular weight excluding hydrogens is 464 g/mol. The molecule has 0 aliphatic carbocycles. The van der Waals surface area contributed by atoms with Crippen LogP contribution in [0, 0.1) is 11.6 Å². The number of phenols is 1. The maximum atomic E-state index is 13.7. The van der Waals surface area contributed by atoms with Crippen LogP contribution in [-0.2, 0) is 24.1 Å². The maximum absolute atomic E-state index is 13.7. The molecule has 0 aliphatic heterocycles. The number of rotatable bonds is 10. The van der Waals surface area contributed by atoms with E-state index in [0.717, 1.165) is 18.1 Å². The zero-order valence-corrected chi connectivity index (χ0v) is 19.9. The van der Waals surface area contributed by atoms with Gasteiger partial charge in [-0.3, -0.25) is 0 Å². The first-order chi connectivity index (χ1) is 17.3. The summed E-state index contributed by atoms with van der Waals surface area (Å²) in [7, 11) is 0. The fraction of sp³-hybridized carbons (Fsp3) is 0.250. The SMILES string of the molecule is CCc1cccc(CNCC(OC(=O)c2cc3cc(O)ccc3[nH]2)C(N)Cc2cc(F)cc(F)c2)c1. The molecule has 0 radical (unpaired) electrons. The van der Waals surface area contributed by atoms with E-state index in [1.807, 2.05) is 12.1 Å². The Morgan fingerprint density at radius 1 is 1.03 bits per heavy atom. The third-order valence-corrected chi connectivity index (χ3v) is 6.03. The summed E-state index contributed by atoms with van der Waals surface area (Å²) in [5, 5.41) is 13.6. The van der Waals surface area contributed by atoms with Crippen molar-refractivity contribution in [3.05, 3.63) is 101 Å². The number of aromatic hydroxyl groups is 1. The van der Waals surface area contributed by atoms with Gasteiger partial charge in [0, 0.05) is 36.1 Å². The molecule has 188 valence electrons. The second kappa shape index (κ2) is 11.3. The van der Waals surface area contributed by atoms with Crippen molar-refractivity contribution in [1.29, 1.82) is 0 Å². The average Bonchev–Trinajstić information content (AvgIpc) is 3.26. The minimum Gasteiger partial charge on any atom is -0.508 e. The minimum absolute atomic E-state index is 0.0833. The van der Waals surface area contributed by atoms with E-state index in [4.69, 9.17) is 10.5 Å². The first-order valence-corrected chi connectivity index (χ1v) is 11.8. The molecule has 5 N–H and O–H groups in total. The number of hydrogen-bond donors (Lipinski definition) is 4. The zero-order chi connectivity index (χ0) is 25.7. The van der Waals surface area contributed by atoms with Gasteiger partial charge in [-0.05, 0) is 65.9 Å². The van der Waals surface area contributed by atoms with Gasteiger partial charge in [0.25, 0.3) is 0 Å². The number of aromatic nitrogens is 1. The highest BCUT2D eigenvalue weighted by molar-refractivity contribution is 5.95. The van der Waals surface area contributed by atoms with Crippen LogP contribution in [-0.4, -0.2) is 34.8 Å². The van der Waals surface area contributed by atoms with Crippen LogP contribution in [0.25, 0.3) is 10.9 Å². The van der Waals surface area contributed by atoms with Crippen molar-refractivity contribution in [1.82, 2.24) is 10.3 Å². The monoisotopic (exact) mass is 493 g/mol. The Hall–Kier alpha value is -3.75. The van der Waals surface area contributed by atoms with Gasteiger partial charge in [0.15, 0.2) is 0 Å². The number of halogens is 2. The fourth-order valence-electron chi connectivity index (χ4n) is 4.16. The Morgan fingerprint density at radius 2 is 1.78 bits per heavy atom. The van der Waals surface area contributed by atoms with E-state index in [-0.39, 0.29) is 24.4 Å². The van der Waals surface area contributed by atoms with E-state index in [0.29, 0.717) is 23.0 Å². The van der Waals surface area contributed by atoms with Crippen LogP contribution in [0.2, 0.25) is 0 Å². The third-order valence-electron chi connectivity index (χ3n) is 6.03. The number of aromatic amines is 1. The van der Waals surface area contributed by atoms with Crippen LogP contribution in [0.15, 0.2) is 66.7 Å². The Balaban J connectivity index is 1.49. The Bertz CT molecular complexity index is 1330. The highest BCUT2D eigenvalue weighted by Crippen LogP contribution is 2.21. The van der Waals surface area contributed by atoms with Gasteiger partial charge in [0.1, 0.15) is 29.2 Å². The Morgan fingerprint density at radius 3 is 2.53 bits per heavy atom. The molecule has 0 fully saturated rings. The van der Waals surface area contributed by atoms with Gasteiger partial charge in [0.05, 0.1) is 0 Å². The molecule has 0 bridgehead atoms. The fourth-order valence-corrected chi connectivity index (χ4v) is 4.16. The molecule has 8 heteroatoms. The molecular formula is C28H29F2N3O3. The smallest absolute Gasteiger partial charge is 0.355 e. The molecule has 36 heavy (non-hydrogen) atoms. The highest BCUT2D eigenvalue weighted by Gasteiger charge is 2.24. The maximum Gasteiger partial charge on any atom is 0.355 e. The topological polar surface area (TPSA) is 100 Å². The third kappa shape index (κ3) is 6.47. The second-order valence-corrected chi connectivity index (χ2v) is 8.85. The molecule has 0 aliphatic rings. The number of aryl methyl sites for hydroxylation is 1. The molecule has 2 atom stereocenters. The van der Waals surface area contributed by atoms with Crippen molar-refractivity contribution >= 4 is 16.9 Å². The van der Waals surface area contributed by atoms with Crippen LogP contribution in [0.4, 0.5) is 8.78 Å². The van der Waals surface area contributed by atoms with Gasteiger partial charge < -0.3 is 25.9 Å². The summed E-state index contributed by atoms with van der Waals surface area (Å²) >= 11 is 0. The summed E-state index contributed by atoms with van der Waals surface area (Å²) in [6, 6.07) is 17.0. The lowest BCUT2D eigenvalue weighted by Gasteiger charge is -2.25. The summed E-state index contributed by atoms with van der Waals surface area (Å²) in [5.41, 5.74) is 9.94. The van der Waals surface area contributed by atoms with Gasteiger partial charge in [-0.2, -0.15) is 0 Å². The van der Waals surface area contributed by atoms with Crippen LogP contribution in [0.5, 0.6) is 5.75 Å². The predicted molar refractivity (Wildman–Crippen MR) is 135 cm³/mol. The van der Waals surface area contributed by atoms with Crippen molar-refractivity contribution in [3.63, 3.8) is 0 Å². The van der Waals surface area contributed by atoms with E-state index in [1.54, 1.807) is 12.1 Å². The standard InChI is InChI=1S/C28H29F2N3O3/c1-2-17-4-3-5-18(8-17)15-32-16-27(24(31)11-19-9-21(29)14-22(30)10-19)36-28(35)26-13-20-12-23(34)6-7-25(20)33-26/h3-10,12-14,24,27,32-34H,2,11,15-16,31H2,1H3. The van der Waals surface area contributed by atoms with E-state index in [2.05, 4.69) is 29.4 Å². The summed E-state index contributed by atoms with van der Waals surface area (Å²) in [4.78, 5) is 16.0. The number of fused-ring (bicyclic) bond motifs is 1. The first kappa shape index (κ1) is 25.3. The van der Waals surface area contributed by atoms with Crippen LogP contribution in [0.1, 0.15) is 34.1 Å². The molecule has 0 saturated heterocycles. The lowest BCUT2D eigenvalue weighted by molar-refractivity contribution is 0.0232. The normalized spacial score (nSPS) is 13.0. The lowest BCUT2D eigenvalue weighted by Crippen LogP contribution is -2.46. The van der Waals surface area contributed by atoms with Crippen molar-refractivity contribution < 1.29 is 23.4 Å². The van der Waals surface area contributed by atoms with Crippen LogP contribution < -0.4 is 11.1 Å². The molecule has 0 saturated carbocycles. The molecule has 1 aromatic heterocycles. The molecule has 4 aromatic rings. The number of ether oxygens (including phenoxy) is 1. The number of H-pyrrole nitrogens is 1. The molecule has 2 unspecified atom stereocenters. The molecule has 4 rings (SSSR count). The van der Waals surface area contributed by atoms with Gasteiger partial charge in [-0.15, -0.1) is 0 Å². The van der Waals surface area contributed by atoms with E-state index >= 15 is 0 Å². The number of esters is 1. The quantitative estimate of drug-likeness (QED) is 0.242. The number of carbonyl (C=O) groups is 1. The van der Waals surface area contributed by atoms with Gasteiger partial charge in [0.2, 0.25) is 0 Å². The van der Waals surface area contributed by atoms with Crippen LogP contribution in [0.3, 0.4) is 0 Å². The Kier molecular flexibility index (Phi) is 7.97. The van der Waals surface area contributed by atoms with Gasteiger partial charge in [-0.25, -0.2) is 13.6 Å². The number of carbonyl (C=O) groups excluding carboxylic acids is 1. The van der Waals surface area contributed by atoms with E-state index in [1.165, 1.54) is 29.8 Å². The summed E-state index contributed by atoms with van der Waals surface area (Å²) < 4.78 is 33.2. The number of benzene rings is 3. The summed E-state index contributed by atoms with van der Waals surface area (Å²) in [6.07, 6.45) is 0.254. The molecule has 1 heterocycles. The average molecular weight is 494 g/mol. The van der Waals surface area contributed by atoms with Crippen molar-refractivity contribution in [2.24, 2.45) is 5.73 Å². The number of hydrogen-bond acceptors (Lipinski definition) is 5. The van der Waals surface area contributed by atoms with Crippen molar-refractivity contribution in [3.8, 4) is 5.75 Å². The lowest BCUT2D eigenvalue weighted by atomic mass is 10.0. The van der Waals surface area contributed by atoms with Gasteiger partial charge >= 0.3 is 5.97 Å². The number of phenolic OH excluding ortho intramolecular Hbond substituents is 1. The summed E-state index contributed by atoms with van der Waals surface area (Å²) in [6.45, 7) is 2.86. The molecule has 0 amide bonds. The molecule has 0 spiro atoms. The van der Waals surface area contributed by atoms with Crippen molar-refractivity contribution in [2.75, 3.05) is 6.54 Å². The van der Waals surface area contributed by atoms with Crippen molar-refractivity contribution in [2.45, 2.75) is 38.5 Å². The van der Waals surface area contributed by atoms with E-state index < -0.39 is 29.7 Å². The second-order valence-electron chi connectivity index (χ2n) is 8.85. The molecule has 3 aromatic carbocycles. The molecule has 6 nitrogen and oxygen atoms in total. The number of nitrogens with one attached hydrogen (secondary N) is 2. The van der Waals surface area contributed by atoms with E-state index in [9.17, 15) is 18.7 Å². The number of nitrogens with two attached hydrogens (primary N) is 1. The van der Waals surface area contributed by atoms with Gasteiger partial charge in [-0.1, -0.05) is 31.2 Å².